The summed E-state index contributed by atoms with van der Waals surface area (Å²) >= 11 is 0. The maximum absolute atomic E-state index is 6.42. The summed E-state index contributed by atoms with van der Waals surface area (Å²) in [5.41, 5.74) is 12.1. The van der Waals surface area contributed by atoms with Crippen LogP contribution in [0.2, 0.25) is 0 Å². The lowest BCUT2D eigenvalue weighted by Crippen LogP contribution is -2.13. The van der Waals surface area contributed by atoms with Crippen molar-refractivity contribution in [2.24, 2.45) is 5.73 Å². The Bertz CT molecular complexity index is 744. The van der Waals surface area contributed by atoms with Crippen LogP contribution in [0.15, 0.2) is 60.9 Å². The molecule has 106 valence electrons. The molecule has 3 heteroatoms. The Morgan fingerprint density at radius 3 is 2.52 bits per heavy atom. The lowest BCUT2D eigenvalue weighted by molar-refractivity contribution is 0.853. The van der Waals surface area contributed by atoms with Crippen LogP contribution in [0.1, 0.15) is 28.3 Å². The third-order valence-corrected chi connectivity index (χ3v) is 3.96. The summed E-state index contributed by atoms with van der Waals surface area (Å²) in [7, 11) is 0. The molecule has 0 aliphatic rings. The van der Waals surface area contributed by atoms with Crippen LogP contribution >= 0.6 is 0 Å². The first kappa shape index (κ1) is 13.6. The third kappa shape index (κ3) is 2.60. The molecule has 21 heavy (non-hydrogen) atoms. The van der Waals surface area contributed by atoms with Gasteiger partial charge in [0.15, 0.2) is 0 Å². The molecule has 3 aromatic rings. The van der Waals surface area contributed by atoms with Crippen LogP contribution in [0, 0.1) is 13.8 Å². The first-order chi connectivity index (χ1) is 10.2. The van der Waals surface area contributed by atoms with Gasteiger partial charge >= 0.3 is 0 Å². The second kappa shape index (κ2) is 5.54. The molecule has 0 saturated heterocycles. The average molecular weight is 277 g/mol. The number of benzene rings is 2. The molecule has 0 amide bonds. The standard InChI is InChI=1S/C18H19N3/c1-13-7-6-10-17(14(13)2)18(19)15-11-20-21(12-15)16-8-4-3-5-9-16/h3-12,18H,19H2,1-2H3. The number of nitrogens with zero attached hydrogens (tertiary/aromatic N) is 2. The second-order valence-corrected chi connectivity index (χ2v) is 5.32. The summed E-state index contributed by atoms with van der Waals surface area (Å²) in [4.78, 5) is 0. The first-order valence-electron chi connectivity index (χ1n) is 7.08. The van der Waals surface area contributed by atoms with Crippen LogP contribution in [0.4, 0.5) is 0 Å². The molecule has 3 nitrogen and oxygen atoms in total. The summed E-state index contributed by atoms with van der Waals surface area (Å²) in [5, 5.41) is 4.42. The number of nitrogens with two attached hydrogens (primary N) is 1. The van der Waals surface area contributed by atoms with E-state index in [-0.39, 0.29) is 6.04 Å². The lowest BCUT2D eigenvalue weighted by Gasteiger charge is -2.14. The molecule has 3 rings (SSSR count). The molecular weight excluding hydrogens is 258 g/mol. The van der Waals surface area contributed by atoms with E-state index in [0.717, 1.165) is 16.8 Å². The minimum absolute atomic E-state index is 0.151. The molecule has 0 radical (unpaired) electrons. The molecule has 1 heterocycles. The fourth-order valence-electron chi connectivity index (χ4n) is 2.51. The molecule has 1 atom stereocenters. The summed E-state index contributed by atoms with van der Waals surface area (Å²) in [6.07, 6.45) is 3.85. The van der Waals surface area contributed by atoms with Gasteiger partial charge in [0.05, 0.1) is 17.9 Å². The molecule has 0 spiro atoms. The molecule has 2 aromatic carbocycles. The Balaban J connectivity index is 1.95. The molecule has 2 N–H and O–H groups in total. The molecule has 0 fully saturated rings. The summed E-state index contributed by atoms with van der Waals surface area (Å²) in [6, 6.07) is 16.2. The van der Waals surface area contributed by atoms with E-state index in [9.17, 15) is 0 Å². The van der Waals surface area contributed by atoms with Crippen LogP contribution in [0.5, 0.6) is 0 Å². The van der Waals surface area contributed by atoms with Gasteiger partial charge in [0.25, 0.3) is 0 Å². The maximum atomic E-state index is 6.42. The Morgan fingerprint density at radius 2 is 1.76 bits per heavy atom. The highest BCUT2D eigenvalue weighted by molar-refractivity contribution is 5.40. The molecule has 0 aliphatic carbocycles. The topological polar surface area (TPSA) is 43.8 Å². The van der Waals surface area contributed by atoms with Crippen molar-refractivity contribution in [1.82, 2.24) is 9.78 Å². The van der Waals surface area contributed by atoms with E-state index in [1.165, 1.54) is 11.1 Å². The predicted molar refractivity (Wildman–Crippen MR) is 85.5 cm³/mol. The Hall–Kier alpha value is -2.39. The van der Waals surface area contributed by atoms with E-state index in [1.54, 1.807) is 0 Å². The van der Waals surface area contributed by atoms with Crippen LogP contribution in [0.3, 0.4) is 0 Å². The van der Waals surface area contributed by atoms with Gasteiger partial charge in [0.2, 0.25) is 0 Å². The van der Waals surface area contributed by atoms with Crippen molar-refractivity contribution >= 4 is 0 Å². The number of aromatic nitrogens is 2. The Kier molecular flexibility index (Phi) is 3.59. The smallest absolute Gasteiger partial charge is 0.0645 e. The molecule has 1 unspecified atom stereocenters. The normalized spacial score (nSPS) is 12.3. The highest BCUT2D eigenvalue weighted by Crippen LogP contribution is 2.24. The van der Waals surface area contributed by atoms with E-state index >= 15 is 0 Å². The zero-order valence-corrected chi connectivity index (χ0v) is 12.3. The van der Waals surface area contributed by atoms with Gasteiger partial charge < -0.3 is 5.73 Å². The van der Waals surface area contributed by atoms with E-state index in [1.807, 2.05) is 47.4 Å². The monoisotopic (exact) mass is 277 g/mol. The van der Waals surface area contributed by atoms with E-state index in [4.69, 9.17) is 5.73 Å². The van der Waals surface area contributed by atoms with Crippen LogP contribution in [-0.2, 0) is 0 Å². The van der Waals surface area contributed by atoms with Gasteiger partial charge in [0, 0.05) is 11.8 Å². The van der Waals surface area contributed by atoms with Crippen molar-refractivity contribution in [1.29, 1.82) is 0 Å². The van der Waals surface area contributed by atoms with Crippen molar-refractivity contribution in [3.63, 3.8) is 0 Å². The van der Waals surface area contributed by atoms with Crippen LogP contribution < -0.4 is 5.73 Å². The van der Waals surface area contributed by atoms with Crippen molar-refractivity contribution in [3.05, 3.63) is 83.2 Å². The molecule has 0 bridgehead atoms. The van der Waals surface area contributed by atoms with Gasteiger partial charge in [-0.3, -0.25) is 0 Å². The SMILES string of the molecule is Cc1cccc(C(N)c2cnn(-c3ccccc3)c2)c1C. The van der Waals surface area contributed by atoms with Gasteiger partial charge in [-0.25, -0.2) is 4.68 Å². The highest BCUT2D eigenvalue weighted by atomic mass is 15.3. The van der Waals surface area contributed by atoms with Crippen molar-refractivity contribution in [3.8, 4) is 5.69 Å². The second-order valence-electron chi connectivity index (χ2n) is 5.32. The van der Waals surface area contributed by atoms with Crippen molar-refractivity contribution in [2.45, 2.75) is 19.9 Å². The van der Waals surface area contributed by atoms with Crippen molar-refractivity contribution in [2.75, 3.05) is 0 Å². The van der Waals surface area contributed by atoms with Gasteiger partial charge in [-0.2, -0.15) is 5.10 Å². The number of aryl methyl sites for hydroxylation is 1. The zero-order valence-electron chi connectivity index (χ0n) is 12.3. The molecule has 1 aromatic heterocycles. The van der Waals surface area contributed by atoms with Crippen LogP contribution in [0.25, 0.3) is 5.69 Å². The number of hydrogen-bond donors (Lipinski definition) is 1. The summed E-state index contributed by atoms with van der Waals surface area (Å²) in [6.45, 7) is 4.23. The van der Waals surface area contributed by atoms with Crippen LogP contribution in [-0.4, -0.2) is 9.78 Å². The van der Waals surface area contributed by atoms with Gasteiger partial charge in [-0.1, -0.05) is 36.4 Å². The number of para-hydroxylation sites is 1. The first-order valence-corrected chi connectivity index (χ1v) is 7.08. The predicted octanol–water partition coefficient (Wildman–Crippen LogP) is 3.54. The fraction of sp³-hybridized carbons (Fsp3) is 0.167. The summed E-state index contributed by atoms with van der Waals surface area (Å²) in [5.74, 6) is 0. The third-order valence-electron chi connectivity index (χ3n) is 3.96. The zero-order chi connectivity index (χ0) is 14.8. The Morgan fingerprint density at radius 1 is 1.00 bits per heavy atom. The van der Waals surface area contributed by atoms with Gasteiger partial charge in [-0.15, -0.1) is 0 Å². The maximum Gasteiger partial charge on any atom is 0.0645 e. The Labute approximate surface area is 125 Å². The quantitative estimate of drug-likeness (QED) is 0.795. The molecule has 0 aliphatic heterocycles. The minimum Gasteiger partial charge on any atom is -0.320 e. The molecular formula is C18H19N3. The van der Waals surface area contributed by atoms with Crippen molar-refractivity contribution < 1.29 is 0 Å². The van der Waals surface area contributed by atoms with Gasteiger partial charge in [0.1, 0.15) is 0 Å². The highest BCUT2D eigenvalue weighted by Gasteiger charge is 2.14. The largest absolute Gasteiger partial charge is 0.320 e. The minimum atomic E-state index is -0.151. The summed E-state index contributed by atoms with van der Waals surface area (Å²) < 4.78 is 1.86. The van der Waals surface area contributed by atoms with E-state index < -0.39 is 0 Å². The lowest BCUT2D eigenvalue weighted by atomic mass is 9.95. The number of rotatable bonds is 3. The molecule has 0 saturated carbocycles. The van der Waals surface area contributed by atoms with E-state index in [0.29, 0.717) is 0 Å². The average Bonchev–Trinajstić information content (AvgIpc) is 3.00. The number of hydrogen-bond acceptors (Lipinski definition) is 2. The van der Waals surface area contributed by atoms with Gasteiger partial charge in [-0.05, 0) is 42.7 Å². The fourth-order valence-corrected chi connectivity index (χ4v) is 2.51. The van der Waals surface area contributed by atoms with E-state index in [2.05, 4.69) is 37.1 Å².